The number of aryl methyl sites for hydroxylation is 1. The number of thioether (sulfide) groups is 1. The summed E-state index contributed by atoms with van der Waals surface area (Å²) in [7, 11) is 0. The number of benzene rings is 2. The molecule has 0 aliphatic heterocycles. The third-order valence-corrected chi connectivity index (χ3v) is 5.07. The molecule has 3 nitrogen and oxygen atoms in total. The van der Waals surface area contributed by atoms with Crippen molar-refractivity contribution in [1.82, 2.24) is 14.5 Å². The molecule has 0 bridgehead atoms. The number of nitrogens with zero attached hydrogens (tertiary/aromatic N) is 3. The summed E-state index contributed by atoms with van der Waals surface area (Å²) < 4.78 is 2.15. The highest BCUT2D eigenvalue weighted by Crippen LogP contribution is 2.27. The maximum atomic E-state index is 4.54. The van der Waals surface area contributed by atoms with Crippen LogP contribution in [0.1, 0.15) is 11.1 Å². The Hall–Kier alpha value is -2.59. The van der Waals surface area contributed by atoms with E-state index < -0.39 is 0 Å². The second-order valence-electron chi connectivity index (χ2n) is 5.65. The first-order valence-electron chi connectivity index (χ1n) is 7.88. The predicted molar refractivity (Wildman–Crippen MR) is 99.6 cm³/mol. The van der Waals surface area contributed by atoms with Crippen LogP contribution in [0.2, 0.25) is 0 Å². The quantitative estimate of drug-likeness (QED) is 0.492. The van der Waals surface area contributed by atoms with Gasteiger partial charge in [0.15, 0.2) is 5.16 Å². The van der Waals surface area contributed by atoms with Gasteiger partial charge in [-0.25, -0.2) is 4.98 Å². The first-order valence-corrected chi connectivity index (χ1v) is 8.86. The zero-order chi connectivity index (χ0) is 16.4. The average molecular weight is 331 g/mol. The van der Waals surface area contributed by atoms with Gasteiger partial charge in [0.1, 0.15) is 0 Å². The average Bonchev–Trinajstić information content (AvgIpc) is 3.08. The van der Waals surface area contributed by atoms with Crippen LogP contribution in [-0.4, -0.2) is 14.5 Å². The largest absolute Gasteiger partial charge is 0.295 e. The number of aromatic nitrogens is 3. The van der Waals surface area contributed by atoms with E-state index >= 15 is 0 Å². The number of pyridine rings is 1. The number of hydrogen-bond acceptors (Lipinski definition) is 3. The van der Waals surface area contributed by atoms with Crippen LogP contribution in [0.4, 0.5) is 0 Å². The Morgan fingerprint density at radius 1 is 0.917 bits per heavy atom. The van der Waals surface area contributed by atoms with Crippen molar-refractivity contribution in [2.75, 3.05) is 0 Å². The van der Waals surface area contributed by atoms with Gasteiger partial charge in [0.05, 0.1) is 11.2 Å². The lowest BCUT2D eigenvalue weighted by atomic mass is 10.1. The molecule has 2 aromatic heterocycles. The van der Waals surface area contributed by atoms with E-state index in [4.69, 9.17) is 0 Å². The third kappa shape index (κ3) is 2.81. The smallest absolute Gasteiger partial charge is 0.172 e. The van der Waals surface area contributed by atoms with Gasteiger partial charge >= 0.3 is 0 Å². The van der Waals surface area contributed by atoms with Crippen molar-refractivity contribution in [1.29, 1.82) is 0 Å². The van der Waals surface area contributed by atoms with Crippen molar-refractivity contribution in [2.45, 2.75) is 17.8 Å². The maximum absolute atomic E-state index is 4.54. The van der Waals surface area contributed by atoms with Crippen LogP contribution >= 0.6 is 11.8 Å². The molecular weight excluding hydrogens is 314 g/mol. The molecule has 4 aromatic rings. The van der Waals surface area contributed by atoms with Gasteiger partial charge in [-0.2, -0.15) is 0 Å². The molecule has 0 N–H and O–H groups in total. The predicted octanol–water partition coefficient (Wildman–Crippen LogP) is 5.02. The summed E-state index contributed by atoms with van der Waals surface area (Å²) in [5.41, 5.74) is 4.72. The van der Waals surface area contributed by atoms with Crippen LogP contribution < -0.4 is 0 Å². The Kier molecular flexibility index (Phi) is 4.05. The Morgan fingerprint density at radius 3 is 2.71 bits per heavy atom. The first kappa shape index (κ1) is 15.0. The Morgan fingerprint density at radius 2 is 1.79 bits per heavy atom. The van der Waals surface area contributed by atoms with Gasteiger partial charge < -0.3 is 0 Å². The summed E-state index contributed by atoms with van der Waals surface area (Å²) >= 11 is 1.74. The zero-order valence-electron chi connectivity index (χ0n) is 13.4. The lowest BCUT2D eigenvalue weighted by Gasteiger charge is -2.10. The summed E-state index contributed by atoms with van der Waals surface area (Å²) in [6, 6.07) is 18.8. The van der Waals surface area contributed by atoms with Gasteiger partial charge in [-0.3, -0.25) is 9.55 Å². The van der Waals surface area contributed by atoms with Gasteiger partial charge in [0.25, 0.3) is 0 Å². The molecule has 0 aliphatic rings. The molecule has 2 aromatic carbocycles. The molecular formula is C20H17N3S. The van der Waals surface area contributed by atoms with Crippen LogP contribution in [0.5, 0.6) is 0 Å². The lowest BCUT2D eigenvalue weighted by Crippen LogP contribution is -1.98. The summed E-state index contributed by atoms with van der Waals surface area (Å²) in [5.74, 6) is 0.844. The van der Waals surface area contributed by atoms with Crippen LogP contribution in [0.3, 0.4) is 0 Å². The molecule has 0 amide bonds. The standard InChI is InChI=1S/C20H17N3S/c1-15-6-2-3-10-18(15)23-13-12-22-20(23)24-14-17-8-4-7-16-9-5-11-21-19(16)17/h2-13H,14H2,1H3. The van der Waals surface area contributed by atoms with Crippen LogP contribution in [0.25, 0.3) is 16.6 Å². The molecule has 118 valence electrons. The van der Waals surface area contributed by atoms with E-state index in [-0.39, 0.29) is 0 Å². The van der Waals surface area contributed by atoms with Crippen LogP contribution in [0.15, 0.2) is 78.3 Å². The summed E-state index contributed by atoms with van der Waals surface area (Å²) in [4.78, 5) is 9.07. The molecule has 4 heteroatoms. The second kappa shape index (κ2) is 6.49. The molecule has 2 heterocycles. The van der Waals surface area contributed by atoms with Crippen molar-refractivity contribution < 1.29 is 0 Å². The first-order chi connectivity index (χ1) is 11.8. The van der Waals surface area contributed by atoms with E-state index in [2.05, 4.69) is 70.0 Å². The van der Waals surface area contributed by atoms with E-state index in [1.165, 1.54) is 22.2 Å². The van der Waals surface area contributed by atoms with Gasteiger partial charge in [0, 0.05) is 29.7 Å². The van der Waals surface area contributed by atoms with Crippen LogP contribution in [-0.2, 0) is 5.75 Å². The van der Waals surface area contributed by atoms with Gasteiger partial charge in [-0.1, -0.05) is 54.2 Å². The van der Waals surface area contributed by atoms with Crippen LogP contribution in [0, 0.1) is 6.92 Å². The number of para-hydroxylation sites is 2. The fraction of sp³-hybridized carbons (Fsp3) is 0.100. The minimum Gasteiger partial charge on any atom is -0.295 e. The summed E-state index contributed by atoms with van der Waals surface area (Å²) in [6.45, 7) is 2.12. The normalized spacial score (nSPS) is 11.0. The number of imidazole rings is 1. The number of hydrogen-bond donors (Lipinski definition) is 0. The fourth-order valence-electron chi connectivity index (χ4n) is 2.84. The van der Waals surface area contributed by atoms with Crippen molar-refractivity contribution >= 4 is 22.7 Å². The Bertz CT molecular complexity index is 986. The molecule has 4 rings (SSSR count). The highest BCUT2D eigenvalue weighted by Gasteiger charge is 2.09. The van der Waals surface area contributed by atoms with Gasteiger partial charge in [-0.15, -0.1) is 0 Å². The van der Waals surface area contributed by atoms with Crippen molar-refractivity contribution in [3.63, 3.8) is 0 Å². The second-order valence-corrected chi connectivity index (χ2v) is 6.59. The minimum absolute atomic E-state index is 0.844. The lowest BCUT2D eigenvalue weighted by molar-refractivity contribution is 0.888. The fourth-order valence-corrected chi connectivity index (χ4v) is 3.79. The molecule has 0 fully saturated rings. The molecule has 0 atom stereocenters. The third-order valence-electron chi connectivity index (χ3n) is 4.05. The summed E-state index contributed by atoms with van der Waals surface area (Å²) in [5, 5.41) is 2.18. The maximum Gasteiger partial charge on any atom is 0.172 e. The molecule has 0 saturated carbocycles. The van der Waals surface area contributed by atoms with Crippen molar-refractivity contribution in [3.05, 3.63) is 84.3 Å². The van der Waals surface area contributed by atoms with E-state index in [1.807, 2.05) is 24.7 Å². The summed E-state index contributed by atoms with van der Waals surface area (Å²) in [6.07, 6.45) is 5.73. The number of rotatable bonds is 4. The molecule has 0 aliphatic carbocycles. The minimum atomic E-state index is 0.844. The van der Waals surface area contributed by atoms with Gasteiger partial charge in [0.2, 0.25) is 0 Å². The SMILES string of the molecule is Cc1ccccc1-n1ccnc1SCc1cccc2cccnc12. The van der Waals surface area contributed by atoms with E-state index in [0.29, 0.717) is 0 Å². The van der Waals surface area contributed by atoms with E-state index in [0.717, 1.165) is 16.4 Å². The molecule has 24 heavy (non-hydrogen) atoms. The zero-order valence-corrected chi connectivity index (χ0v) is 14.2. The van der Waals surface area contributed by atoms with E-state index in [1.54, 1.807) is 11.8 Å². The molecule has 0 saturated heterocycles. The monoisotopic (exact) mass is 331 g/mol. The highest BCUT2D eigenvalue weighted by molar-refractivity contribution is 7.98. The van der Waals surface area contributed by atoms with Gasteiger partial charge in [-0.05, 0) is 30.2 Å². The number of fused-ring (bicyclic) bond motifs is 1. The Balaban J connectivity index is 1.63. The topological polar surface area (TPSA) is 30.7 Å². The Labute approximate surface area is 145 Å². The molecule has 0 spiro atoms. The van der Waals surface area contributed by atoms with E-state index in [9.17, 15) is 0 Å². The molecule has 0 unspecified atom stereocenters. The highest BCUT2D eigenvalue weighted by atomic mass is 32.2. The molecule has 0 radical (unpaired) electrons. The van der Waals surface area contributed by atoms with Crippen molar-refractivity contribution in [3.8, 4) is 5.69 Å². The van der Waals surface area contributed by atoms with Crippen molar-refractivity contribution in [2.24, 2.45) is 0 Å².